The number of ether oxygens (including phenoxy) is 1. The molecule has 0 bridgehead atoms. The molecule has 2 amide bonds. The van der Waals surface area contributed by atoms with E-state index >= 15 is 0 Å². The number of nitrogens with zero attached hydrogens (tertiary/aromatic N) is 2. The van der Waals surface area contributed by atoms with Crippen LogP contribution in [0.2, 0.25) is 15.1 Å². The van der Waals surface area contributed by atoms with Crippen molar-refractivity contribution in [1.29, 1.82) is 0 Å². The van der Waals surface area contributed by atoms with E-state index in [4.69, 9.17) is 39.5 Å². The van der Waals surface area contributed by atoms with Crippen molar-refractivity contribution in [3.05, 3.63) is 57.0 Å². The Bertz CT molecular complexity index is 1210. The summed E-state index contributed by atoms with van der Waals surface area (Å²) in [6.45, 7) is 4.82. The molecule has 0 saturated carbocycles. The molecule has 0 spiro atoms. The number of sulfonamides is 1. The highest BCUT2D eigenvalue weighted by Gasteiger charge is 2.30. The molecule has 0 fully saturated rings. The van der Waals surface area contributed by atoms with E-state index in [1.165, 1.54) is 30.2 Å². The number of methoxy groups -OCH3 is 1. The molecule has 0 aliphatic heterocycles. The van der Waals surface area contributed by atoms with Crippen LogP contribution < -0.4 is 14.4 Å². The number of hydrogen-bond donors (Lipinski definition) is 1. The average molecular weight is 579 g/mol. The minimum absolute atomic E-state index is 0.00574. The first kappa shape index (κ1) is 30.0. The Labute approximate surface area is 227 Å². The van der Waals surface area contributed by atoms with E-state index in [9.17, 15) is 18.0 Å². The van der Waals surface area contributed by atoms with Gasteiger partial charge in [0.2, 0.25) is 21.8 Å². The van der Waals surface area contributed by atoms with Crippen molar-refractivity contribution in [3.8, 4) is 5.75 Å². The van der Waals surface area contributed by atoms with Gasteiger partial charge in [-0.15, -0.1) is 0 Å². The van der Waals surface area contributed by atoms with Crippen LogP contribution in [0.15, 0.2) is 36.4 Å². The topological polar surface area (TPSA) is 96.0 Å². The van der Waals surface area contributed by atoms with Gasteiger partial charge in [-0.1, -0.05) is 47.8 Å². The van der Waals surface area contributed by atoms with Gasteiger partial charge in [0.05, 0.1) is 34.1 Å². The second-order valence-corrected chi connectivity index (χ2v) is 11.5. The number of carbonyl (C=O) groups excluding carboxylic acids is 2. The lowest BCUT2D eigenvalue weighted by atomic mass is 10.1. The van der Waals surface area contributed by atoms with E-state index in [1.54, 1.807) is 25.1 Å². The zero-order chi connectivity index (χ0) is 27.2. The molecule has 12 heteroatoms. The number of hydrogen-bond acceptors (Lipinski definition) is 5. The minimum Gasteiger partial charge on any atom is -0.495 e. The number of benzene rings is 2. The molecular formula is C24H30Cl3N3O5S. The van der Waals surface area contributed by atoms with Crippen LogP contribution in [0, 0.1) is 0 Å². The van der Waals surface area contributed by atoms with Gasteiger partial charge < -0.3 is 15.0 Å². The summed E-state index contributed by atoms with van der Waals surface area (Å²) in [5, 5.41) is 3.69. The maximum Gasteiger partial charge on any atom is 0.244 e. The molecule has 2 rings (SSSR count). The lowest BCUT2D eigenvalue weighted by Crippen LogP contribution is -2.52. The van der Waals surface area contributed by atoms with E-state index < -0.39 is 28.5 Å². The van der Waals surface area contributed by atoms with Crippen LogP contribution >= 0.6 is 34.8 Å². The Morgan fingerprint density at radius 2 is 1.69 bits per heavy atom. The van der Waals surface area contributed by atoms with E-state index in [0.717, 1.165) is 10.6 Å². The second-order valence-electron chi connectivity index (χ2n) is 8.35. The summed E-state index contributed by atoms with van der Waals surface area (Å²) in [5.41, 5.74) is 0.808. The van der Waals surface area contributed by atoms with Crippen LogP contribution in [0.4, 0.5) is 5.69 Å². The molecule has 0 aliphatic carbocycles. The molecule has 0 unspecified atom stereocenters. The van der Waals surface area contributed by atoms with Crippen molar-refractivity contribution >= 4 is 62.3 Å². The third-order valence-electron chi connectivity index (χ3n) is 5.61. The molecule has 2 aromatic carbocycles. The highest BCUT2D eigenvalue weighted by atomic mass is 35.5. The first-order chi connectivity index (χ1) is 16.8. The maximum absolute atomic E-state index is 13.6. The molecule has 2 aromatic rings. The predicted octanol–water partition coefficient (Wildman–Crippen LogP) is 4.75. The zero-order valence-electron chi connectivity index (χ0n) is 20.7. The van der Waals surface area contributed by atoms with Crippen molar-refractivity contribution in [1.82, 2.24) is 10.2 Å². The van der Waals surface area contributed by atoms with Gasteiger partial charge in [0.15, 0.2) is 0 Å². The van der Waals surface area contributed by atoms with Gasteiger partial charge in [0.1, 0.15) is 18.3 Å². The third-order valence-corrected chi connectivity index (χ3v) is 7.78. The summed E-state index contributed by atoms with van der Waals surface area (Å²) in [5.74, 6) is -0.599. The molecule has 1 N–H and O–H groups in total. The molecule has 0 heterocycles. The number of nitrogens with one attached hydrogen (secondary N) is 1. The maximum atomic E-state index is 13.6. The predicted molar refractivity (Wildman–Crippen MR) is 145 cm³/mol. The Kier molecular flexibility index (Phi) is 10.7. The van der Waals surface area contributed by atoms with Gasteiger partial charge in [-0.25, -0.2) is 8.42 Å². The number of carbonyl (C=O) groups is 2. The fourth-order valence-electron chi connectivity index (χ4n) is 3.31. The smallest absolute Gasteiger partial charge is 0.244 e. The first-order valence-electron chi connectivity index (χ1n) is 11.1. The fourth-order valence-corrected chi connectivity index (χ4v) is 4.72. The van der Waals surface area contributed by atoms with E-state index in [-0.39, 0.29) is 29.2 Å². The summed E-state index contributed by atoms with van der Waals surface area (Å²) in [4.78, 5) is 27.8. The number of halogens is 3. The second kappa shape index (κ2) is 12.9. The summed E-state index contributed by atoms with van der Waals surface area (Å²) < 4.78 is 31.4. The molecule has 36 heavy (non-hydrogen) atoms. The Hall–Kier alpha value is -2.20. The number of rotatable bonds is 11. The quantitative estimate of drug-likeness (QED) is 0.415. The zero-order valence-corrected chi connectivity index (χ0v) is 23.8. The van der Waals surface area contributed by atoms with E-state index in [0.29, 0.717) is 27.8 Å². The van der Waals surface area contributed by atoms with Crippen molar-refractivity contribution in [2.75, 3.05) is 24.2 Å². The Morgan fingerprint density at radius 3 is 2.22 bits per heavy atom. The van der Waals surface area contributed by atoms with Gasteiger partial charge in [-0.3, -0.25) is 13.9 Å². The van der Waals surface area contributed by atoms with Crippen LogP contribution in [-0.2, 0) is 26.2 Å². The van der Waals surface area contributed by atoms with Crippen LogP contribution in [0.5, 0.6) is 5.75 Å². The summed E-state index contributed by atoms with van der Waals surface area (Å²) in [7, 11) is -2.45. The van der Waals surface area contributed by atoms with Crippen LogP contribution in [0.1, 0.15) is 32.8 Å². The molecule has 2 atom stereocenters. The Balaban J connectivity index is 2.44. The highest BCUT2D eigenvalue weighted by molar-refractivity contribution is 7.92. The molecular weight excluding hydrogens is 549 g/mol. The normalized spacial score (nSPS) is 13.0. The molecule has 0 aliphatic rings. The van der Waals surface area contributed by atoms with Crippen LogP contribution in [-0.4, -0.2) is 57.1 Å². The molecule has 0 aromatic heterocycles. The van der Waals surface area contributed by atoms with Crippen molar-refractivity contribution in [3.63, 3.8) is 0 Å². The van der Waals surface area contributed by atoms with Gasteiger partial charge in [-0.05, 0) is 56.2 Å². The molecule has 0 saturated heterocycles. The largest absolute Gasteiger partial charge is 0.495 e. The fraction of sp³-hybridized carbons (Fsp3) is 0.417. The monoisotopic (exact) mass is 577 g/mol. The Morgan fingerprint density at radius 1 is 1.03 bits per heavy atom. The van der Waals surface area contributed by atoms with Gasteiger partial charge in [0, 0.05) is 12.6 Å². The third kappa shape index (κ3) is 7.90. The molecule has 198 valence electrons. The van der Waals surface area contributed by atoms with E-state index in [1.807, 2.05) is 13.8 Å². The molecule has 8 nitrogen and oxygen atoms in total. The standard InChI is InChI=1S/C24H30Cl3N3O5S/c1-6-15(2)28-24(32)16(3)29(13-17-7-9-19(25)20(26)11-17)23(31)14-30(36(5,33)34)18-8-10-22(35-4)21(27)12-18/h7-12,15-16H,6,13-14H2,1-5H3,(H,28,32)/t15-,16-/m1/s1. The van der Waals surface area contributed by atoms with Crippen molar-refractivity contribution < 1.29 is 22.7 Å². The summed E-state index contributed by atoms with van der Waals surface area (Å²) in [6.07, 6.45) is 1.69. The summed E-state index contributed by atoms with van der Waals surface area (Å²) in [6, 6.07) is 8.27. The minimum atomic E-state index is -3.89. The number of amides is 2. The SMILES string of the molecule is CC[C@@H](C)NC(=O)[C@@H](C)N(Cc1ccc(Cl)c(Cl)c1)C(=O)CN(c1ccc(OC)c(Cl)c1)S(C)(=O)=O. The van der Waals surface area contributed by atoms with Gasteiger partial charge in [-0.2, -0.15) is 0 Å². The lowest BCUT2D eigenvalue weighted by Gasteiger charge is -2.32. The average Bonchev–Trinajstić information content (AvgIpc) is 2.81. The van der Waals surface area contributed by atoms with Crippen LogP contribution in [0.3, 0.4) is 0 Å². The van der Waals surface area contributed by atoms with Gasteiger partial charge in [0.25, 0.3) is 0 Å². The van der Waals surface area contributed by atoms with Crippen LogP contribution in [0.25, 0.3) is 0 Å². The summed E-state index contributed by atoms with van der Waals surface area (Å²) >= 11 is 18.4. The lowest BCUT2D eigenvalue weighted by molar-refractivity contribution is -0.139. The first-order valence-corrected chi connectivity index (χ1v) is 14.1. The molecule has 0 radical (unpaired) electrons. The van der Waals surface area contributed by atoms with E-state index in [2.05, 4.69) is 5.32 Å². The number of anilines is 1. The van der Waals surface area contributed by atoms with Gasteiger partial charge >= 0.3 is 0 Å². The van der Waals surface area contributed by atoms with Crippen molar-refractivity contribution in [2.45, 2.75) is 45.8 Å². The van der Waals surface area contributed by atoms with Crippen molar-refractivity contribution in [2.24, 2.45) is 0 Å². The highest BCUT2D eigenvalue weighted by Crippen LogP contribution is 2.30.